The minimum absolute atomic E-state index is 0.0136. The zero-order chi connectivity index (χ0) is 23.7. The number of piperazine rings is 1. The summed E-state index contributed by atoms with van der Waals surface area (Å²) in [5.74, 6) is -0.0326. The molecule has 174 valence electrons. The zero-order valence-electron chi connectivity index (χ0n) is 18.7. The van der Waals surface area contributed by atoms with Crippen molar-refractivity contribution in [3.8, 4) is 5.69 Å². The second-order valence-corrected chi connectivity index (χ2v) is 9.70. The molecule has 7 nitrogen and oxygen atoms in total. The summed E-state index contributed by atoms with van der Waals surface area (Å²) in [6, 6.07) is 18.9. The molecule has 0 aliphatic carbocycles. The number of hydrogen-bond donors (Lipinski definition) is 1. The van der Waals surface area contributed by atoms with Crippen molar-refractivity contribution in [2.75, 3.05) is 38.0 Å². The number of fused-ring (bicyclic) bond motifs is 1. The molecule has 1 aliphatic rings. The van der Waals surface area contributed by atoms with Crippen molar-refractivity contribution in [2.24, 2.45) is 0 Å². The van der Waals surface area contributed by atoms with E-state index in [0.29, 0.717) is 42.6 Å². The van der Waals surface area contributed by atoms with Crippen LogP contribution in [0.2, 0.25) is 5.02 Å². The molecular formula is C25H24ClN5O2S. The fourth-order valence-corrected chi connectivity index (χ4v) is 5.49. The van der Waals surface area contributed by atoms with E-state index in [2.05, 4.69) is 15.3 Å². The largest absolute Gasteiger partial charge is 0.335 e. The summed E-state index contributed by atoms with van der Waals surface area (Å²) in [6.07, 6.45) is 0. The topological polar surface area (TPSA) is 70.5 Å². The molecule has 0 bridgehead atoms. The van der Waals surface area contributed by atoms with Crippen LogP contribution in [0, 0.1) is 6.92 Å². The van der Waals surface area contributed by atoms with E-state index in [9.17, 15) is 9.59 Å². The quantitative estimate of drug-likeness (QED) is 0.446. The van der Waals surface area contributed by atoms with E-state index < -0.39 is 0 Å². The number of nitrogens with zero attached hydrogens (tertiary/aromatic N) is 4. The highest BCUT2D eigenvalue weighted by Crippen LogP contribution is 2.33. The minimum Gasteiger partial charge on any atom is -0.335 e. The molecule has 2 aromatic carbocycles. The van der Waals surface area contributed by atoms with Gasteiger partial charge in [-0.3, -0.25) is 14.5 Å². The number of aromatic nitrogens is 2. The molecule has 34 heavy (non-hydrogen) atoms. The van der Waals surface area contributed by atoms with Crippen molar-refractivity contribution in [1.82, 2.24) is 19.6 Å². The minimum atomic E-state index is -0.0462. The molecule has 4 aromatic rings. The summed E-state index contributed by atoms with van der Waals surface area (Å²) in [5.41, 5.74) is 2.45. The smallest absolute Gasteiger partial charge is 0.264 e. The molecule has 2 amide bonds. The first-order chi connectivity index (χ1) is 16.5. The van der Waals surface area contributed by atoms with Gasteiger partial charge in [-0.25, -0.2) is 4.68 Å². The van der Waals surface area contributed by atoms with E-state index in [1.165, 1.54) is 11.3 Å². The van der Waals surface area contributed by atoms with Crippen LogP contribution in [-0.2, 0) is 4.79 Å². The highest BCUT2D eigenvalue weighted by molar-refractivity contribution is 7.20. The molecule has 1 aliphatic heterocycles. The summed E-state index contributed by atoms with van der Waals surface area (Å²) in [4.78, 5) is 31.1. The molecule has 0 atom stereocenters. The Balaban J connectivity index is 1.24. The average Bonchev–Trinajstić information content (AvgIpc) is 3.41. The van der Waals surface area contributed by atoms with E-state index in [1.807, 2.05) is 77.2 Å². The van der Waals surface area contributed by atoms with E-state index in [-0.39, 0.29) is 11.8 Å². The van der Waals surface area contributed by atoms with Crippen molar-refractivity contribution in [1.29, 1.82) is 0 Å². The van der Waals surface area contributed by atoms with Crippen LogP contribution in [0.3, 0.4) is 0 Å². The van der Waals surface area contributed by atoms with Crippen LogP contribution < -0.4 is 5.32 Å². The maximum Gasteiger partial charge on any atom is 0.264 e. The highest BCUT2D eigenvalue weighted by atomic mass is 35.5. The Morgan fingerprint density at radius 2 is 1.74 bits per heavy atom. The molecule has 5 rings (SSSR count). The number of hydrogen-bond acceptors (Lipinski definition) is 5. The Kier molecular flexibility index (Phi) is 6.36. The molecule has 1 N–H and O–H groups in total. The SMILES string of the molecule is Cc1nn(-c2ccccc2Cl)c2sc(C(=O)N3CCN(CC(=O)Nc4ccccc4)CC3)cc12. The maximum absolute atomic E-state index is 13.2. The fourth-order valence-electron chi connectivity index (χ4n) is 4.13. The number of thiophene rings is 1. The second-order valence-electron chi connectivity index (χ2n) is 8.26. The first-order valence-corrected chi connectivity index (χ1v) is 12.3. The summed E-state index contributed by atoms with van der Waals surface area (Å²) < 4.78 is 1.82. The van der Waals surface area contributed by atoms with Crippen molar-refractivity contribution >= 4 is 50.7 Å². The number of carbonyl (C=O) groups excluding carboxylic acids is 2. The lowest BCUT2D eigenvalue weighted by Gasteiger charge is -2.34. The maximum atomic E-state index is 13.2. The number of halogens is 1. The van der Waals surface area contributed by atoms with Crippen LogP contribution >= 0.6 is 22.9 Å². The van der Waals surface area contributed by atoms with Crippen molar-refractivity contribution in [3.05, 3.63) is 76.3 Å². The highest BCUT2D eigenvalue weighted by Gasteiger charge is 2.26. The van der Waals surface area contributed by atoms with Crippen LogP contribution in [0.5, 0.6) is 0 Å². The number of aryl methyl sites for hydroxylation is 1. The van der Waals surface area contributed by atoms with Crippen LogP contribution in [0.15, 0.2) is 60.7 Å². The molecule has 0 radical (unpaired) electrons. The van der Waals surface area contributed by atoms with Crippen molar-refractivity contribution in [2.45, 2.75) is 6.92 Å². The summed E-state index contributed by atoms with van der Waals surface area (Å²) in [7, 11) is 0. The van der Waals surface area contributed by atoms with Gasteiger partial charge in [0.25, 0.3) is 5.91 Å². The van der Waals surface area contributed by atoms with Gasteiger partial charge in [-0.05, 0) is 37.3 Å². The number of amides is 2. The van der Waals surface area contributed by atoms with Crippen LogP contribution in [0.4, 0.5) is 5.69 Å². The van der Waals surface area contributed by atoms with Gasteiger partial charge >= 0.3 is 0 Å². The number of para-hydroxylation sites is 2. The third-order valence-corrected chi connectivity index (χ3v) is 7.34. The van der Waals surface area contributed by atoms with Crippen molar-refractivity contribution in [3.63, 3.8) is 0 Å². The average molecular weight is 494 g/mol. The molecule has 0 spiro atoms. The first kappa shape index (κ1) is 22.6. The first-order valence-electron chi connectivity index (χ1n) is 11.1. The third-order valence-electron chi connectivity index (χ3n) is 5.92. The van der Waals surface area contributed by atoms with Gasteiger partial charge in [-0.15, -0.1) is 11.3 Å². The lowest BCUT2D eigenvalue weighted by molar-refractivity contribution is -0.117. The van der Waals surface area contributed by atoms with E-state index >= 15 is 0 Å². The molecule has 0 unspecified atom stereocenters. The van der Waals surface area contributed by atoms with Gasteiger partial charge in [0.15, 0.2) is 0 Å². The predicted octanol–water partition coefficient (Wildman–Crippen LogP) is 4.45. The summed E-state index contributed by atoms with van der Waals surface area (Å²) >= 11 is 7.83. The normalized spacial score (nSPS) is 14.5. The van der Waals surface area contributed by atoms with Crippen LogP contribution in [-0.4, -0.2) is 64.1 Å². The van der Waals surface area contributed by atoms with Crippen LogP contribution in [0.1, 0.15) is 15.4 Å². The number of carbonyl (C=O) groups is 2. The fraction of sp³-hybridized carbons (Fsp3) is 0.240. The Labute approximate surface area is 206 Å². The predicted molar refractivity (Wildman–Crippen MR) is 136 cm³/mol. The van der Waals surface area contributed by atoms with Gasteiger partial charge in [0.1, 0.15) is 4.83 Å². The summed E-state index contributed by atoms with van der Waals surface area (Å²) in [5, 5.41) is 9.12. The molecular weight excluding hydrogens is 470 g/mol. The van der Waals surface area contributed by atoms with Gasteiger partial charge in [0.05, 0.1) is 27.8 Å². The number of benzene rings is 2. The van der Waals surface area contributed by atoms with Gasteiger partial charge in [0, 0.05) is 37.3 Å². The standard InChI is InChI=1S/C25H24ClN5O2S/c1-17-19-15-22(34-25(19)31(28-17)21-10-6-5-9-20(21)26)24(33)30-13-11-29(12-14-30)16-23(32)27-18-7-3-2-4-8-18/h2-10,15H,11-14,16H2,1H3,(H,27,32). The Hall–Kier alpha value is -3.20. The number of nitrogens with one attached hydrogen (secondary N) is 1. The summed E-state index contributed by atoms with van der Waals surface area (Å²) in [6.45, 7) is 4.74. The molecule has 0 saturated carbocycles. The van der Waals surface area contributed by atoms with Crippen LogP contribution in [0.25, 0.3) is 15.9 Å². The third kappa shape index (κ3) is 4.57. The molecule has 1 saturated heterocycles. The van der Waals surface area contributed by atoms with Gasteiger partial charge in [-0.1, -0.05) is 41.9 Å². The van der Waals surface area contributed by atoms with Gasteiger partial charge in [-0.2, -0.15) is 5.10 Å². The Morgan fingerprint density at radius 1 is 1.03 bits per heavy atom. The molecule has 2 aromatic heterocycles. The van der Waals surface area contributed by atoms with Crippen molar-refractivity contribution < 1.29 is 9.59 Å². The monoisotopic (exact) mass is 493 g/mol. The lowest BCUT2D eigenvalue weighted by atomic mass is 10.2. The molecule has 1 fully saturated rings. The lowest BCUT2D eigenvalue weighted by Crippen LogP contribution is -2.50. The Morgan fingerprint density at radius 3 is 2.47 bits per heavy atom. The van der Waals surface area contributed by atoms with Gasteiger partial charge < -0.3 is 10.2 Å². The van der Waals surface area contributed by atoms with E-state index in [0.717, 1.165) is 27.3 Å². The Bertz CT molecular complexity index is 1340. The molecule has 9 heteroatoms. The van der Waals surface area contributed by atoms with Gasteiger partial charge in [0.2, 0.25) is 5.91 Å². The molecule has 3 heterocycles. The van der Waals surface area contributed by atoms with E-state index in [4.69, 9.17) is 11.6 Å². The zero-order valence-corrected chi connectivity index (χ0v) is 20.3. The second kappa shape index (κ2) is 9.58. The number of rotatable bonds is 5. The van der Waals surface area contributed by atoms with E-state index in [1.54, 1.807) is 0 Å². The number of anilines is 1.